The normalized spacial score (nSPS) is 26.0. The van der Waals surface area contributed by atoms with Gasteiger partial charge in [-0.3, -0.25) is 0 Å². The number of hydrogen-bond donors (Lipinski definition) is 1. The number of aromatic nitrogens is 3. The highest BCUT2D eigenvalue weighted by Crippen LogP contribution is 2.36. The molecule has 7 heteroatoms. The molecule has 2 heterocycles. The van der Waals surface area contributed by atoms with Gasteiger partial charge in [0.25, 0.3) is 0 Å². The minimum atomic E-state index is -0.943. The van der Waals surface area contributed by atoms with Crippen molar-refractivity contribution >= 4 is 15.9 Å². The fraction of sp³-hybridized carbons (Fsp3) is 0.385. The third kappa shape index (κ3) is 2.62. The topological polar surface area (TPSA) is 69.4 Å². The van der Waals surface area contributed by atoms with E-state index in [2.05, 4.69) is 26.0 Å². The second-order valence-corrected chi connectivity index (χ2v) is 5.50. The molecule has 0 radical (unpaired) electrons. The van der Waals surface area contributed by atoms with Crippen LogP contribution < -0.4 is 0 Å². The number of benzene rings is 1. The van der Waals surface area contributed by atoms with Gasteiger partial charge in [-0.25, -0.2) is 9.67 Å². The molecule has 1 saturated heterocycles. The summed E-state index contributed by atoms with van der Waals surface area (Å²) >= 11 is 3.41. The lowest BCUT2D eigenvalue weighted by atomic mass is 10.1. The summed E-state index contributed by atoms with van der Waals surface area (Å²) in [4.78, 5) is 3.93. The Hall–Kier alpha value is -1.28. The summed E-state index contributed by atoms with van der Waals surface area (Å²) in [6, 6.07) is 7.72. The number of aliphatic hydroxyl groups is 1. The maximum Gasteiger partial charge on any atom is 0.215 e. The van der Waals surface area contributed by atoms with E-state index >= 15 is 0 Å². The standard InChI is InChI=1S/C13H14BrN3O3/c14-11-3-1-10(2-4-11)13(7-17-9-15-8-16-17)19-6-12(5-18)20-13/h1-4,8-9,12,18H,5-7H2/t12-,13-/m1/s1. The zero-order valence-electron chi connectivity index (χ0n) is 10.6. The molecule has 0 amide bonds. The summed E-state index contributed by atoms with van der Waals surface area (Å²) in [5, 5.41) is 13.4. The number of halogens is 1. The molecule has 106 valence electrons. The average molecular weight is 340 g/mol. The van der Waals surface area contributed by atoms with Crippen LogP contribution in [0.25, 0.3) is 0 Å². The summed E-state index contributed by atoms with van der Waals surface area (Å²) in [7, 11) is 0. The van der Waals surface area contributed by atoms with E-state index < -0.39 is 5.79 Å². The number of hydrogen-bond acceptors (Lipinski definition) is 5. The quantitative estimate of drug-likeness (QED) is 0.909. The fourth-order valence-electron chi connectivity index (χ4n) is 2.21. The molecule has 6 nitrogen and oxygen atoms in total. The van der Waals surface area contributed by atoms with Gasteiger partial charge in [0.15, 0.2) is 0 Å². The molecule has 20 heavy (non-hydrogen) atoms. The monoisotopic (exact) mass is 339 g/mol. The minimum absolute atomic E-state index is 0.0738. The molecule has 2 aromatic rings. The Morgan fingerprint density at radius 3 is 2.80 bits per heavy atom. The van der Waals surface area contributed by atoms with Gasteiger partial charge in [0.05, 0.1) is 13.2 Å². The first-order valence-corrected chi connectivity index (χ1v) is 7.02. The molecule has 0 unspecified atom stereocenters. The first-order valence-electron chi connectivity index (χ1n) is 6.23. The predicted molar refractivity (Wildman–Crippen MR) is 73.8 cm³/mol. The van der Waals surface area contributed by atoms with Crippen LogP contribution in [-0.4, -0.2) is 39.2 Å². The highest BCUT2D eigenvalue weighted by atomic mass is 79.9. The number of rotatable bonds is 4. The van der Waals surface area contributed by atoms with Gasteiger partial charge in [0.2, 0.25) is 5.79 Å². The van der Waals surface area contributed by atoms with Crippen molar-refractivity contribution in [3.8, 4) is 0 Å². The average Bonchev–Trinajstić information content (AvgIpc) is 3.10. The number of ether oxygens (including phenoxy) is 2. The van der Waals surface area contributed by atoms with Crippen LogP contribution >= 0.6 is 15.9 Å². The molecule has 0 bridgehead atoms. The van der Waals surface area contributed by atoms with E-state index in [1.807, 2.05) is 24.3 Å². The van der Waals surface area contributed by atoms with Gasteiger partial charge in [-0.05, 0) is 12.1 Å². The lowest BCUT2D eigenvalue weighted by Crippen LogP contribution is -2.34. The molecule has 1 aliphatic rings. The van der Waals surface area contributed by atoms with E-state index in [4.69, 9.17) is 9.47 Å². The lowest BCUT2D eigenvalue weighted by Gasteiger charge is -2.28. The van der Waals surface area contributed by atoms with Gasteiger partial charge in [0.1, 0.15) is 25.3 Å². The van der Waals surface area contributed by atoms with Gasteiger partial charge in [-0.2, -0.15) is 5.10 Å². The zero-order chi connectivity index (χ0) is 14.0. The third-order valence-corrected chi connectivity index (χ3v) is 3.71. The van der Waals surface area contributed by atoms with E-state index in [0.29, 0.717) is 13.2 Å². The van der Waals surface area contributed by atoms with Crippen LogP contribution in [0.2, 0.25) is 0 Å². The van der Waals surface area contributed by atoms with Gasteiger partial charge in [-0.1, -0.05) is 28.1 Å². The van der Waals surface area contributed by atoms with E-state index in [1.165, 1.54) is 6.33 Å². The highest BCUT2D eigenvalue weighted by Gasteiger charge is 2.43. The van der Waals surface area contributed by atoms with Crippen molar-refractivity contribution < 1.29 is 14.6 Å². The summed E-state index contributed by atoms with van der Waals surface area (Å²) in [5.74, 6) is -0.943. The molecular formula is C13H14BrN3O3. The Morgan fingerprint density at radius 1 is 1.40 bits per heavy atom. The predicted octanol–water partition coefficient (Wildman–Crippen LogP) is 1.30. The van der Waals surface area contributed by atoms with Gasteiger partial charge < -0.3 is 14.6 Å². The first-order chi connectivity index (χ1) is 9.72. The lowest BCUT2D eigenvalue weighted by molar-refractivity contribution is -0.191. The zero-order valence-corrected chi connectivity index (χ0v) is 12.2. The van der Waals surface area contributed by atoms with E-state index in [9.17, 15) is 5.11 Å². The molecular weight excluding hydrogens is 326 g/mol. The second-order valence-electron chi connectivity index (χ2n) is 4.59. The number of nitrogens with zero attached hydrogens (tertiary/aromatic N) is 3. The molecule has 1 N–H and O–H groups in total. The third-order valence-electron chi connectivity index (χ3n) is 3.18. The van der Waals surface area contributed by atoms with Crippen molar-refractivity contribution in [3.63, 3.8) is 0 Å². The van der Waals surface area contributed by atoms with Crippen molar-refractivity contribution in [2.45, 2.75) is 18.4 Å². The second kappa shape index (κ2) is 5.61. The van der Waals surface area contributed by atoms with Crippen LogP contribution in [0.15, 0.2) is 41.4 Å². The first kappa shape index (κ1) is 13.7. The molecule has 1 aliphatic heterocycles. The number of aliphatic hydroxyl groups excluding tert-OH is 1. The smallest absolute Gasteiger partial charge is 0.215 e. The minimum Gasteiger partial charge on any atom is -0.394 e. The summed E-state index contributed by atoms with van der Waals surface area (Å²) in [6.45, 7) is 0.655. The van der Waals surface area contributed by atoms with Crippen LogP contribution in [0.5, 0.6) is 0 Å². The van der Waals surface area contributed by atoms with Crippen molar-refractivity contribution in [3.05, 3.63) is 47.0 Å². The molecule has 2 atom stereocenters. The Morgan fingerprint density at radius 2 is 2.20 bits per heavy atom. The van der Waals surface area contributed by atoms with Gasteiger partial charge in [0, 0.05) is 10.0 Å². The molecule has 1 aromatic carbocycles. The van der Waals surface area contributed by atoms with Crippen LogP contribution in [0.1, 0.15) is 5.56 Å². The summed E-state index contributed by atoms with van der Waals surface area (Å²) < 4.78 is 14.4. The Balaban J connectivity index is 1.93. The molecule has 1 aromatic heterocycles. The SMILES string of the molecule is OC[C@@H]1CO[C@@](Cn2cncn2)(c2ccc(Br)cc2)O1. The van der Waals surface area contributed by atoms with Crippen molar-refractivity contribution in [2.75, 3.05) is 13.2 Å². The molecule has 0 saturated carbocycles. The van der Waals surface area contributed by atoms with Gasteiger partial charge in [-0.15, -0.1) is 0 Å². The summed E-state index contributed by atoms with van der Waals surface area (Å²) in [6.07, 6.45) is 2.75. The fourth-order valence-corrected chi connectivity index (χ4v) is 2.48. The van der Waals surface area contributed by atoms with Crippen molar-refractivity contribution in [2.24, 2.45) is 0 Å². The Bertz CT molecular complexity index is 561. The molecule has 3 rings (SSSR count). The highest BCUT2D eigenvalue weighted by molar-refractivity contribution is 9.10. The Kier molecular flexibility index (Phi) is 3.84. The van der Waals surface area contributed by atoms with Crippen LogP contribution in [0.4, 0.5) is 0 Å². The molecule has 0 spiro atoms. The van der Waals surface area contributed by atoms with Crippen molar-refractivity contribution in [1.82, 2.24) is 14.8 Å². The molecule has 1 fully saturated rings. The maximum absolute atomic E-state index is 9.27. The van der Waals surface area contributed by atoms with E-state index in [-0.39, 0.29) is 12.7 Å². The maximum atomic E-state index is 9.27. The van der Waals surface area contributed by atoms with Crippen LogP contribution in [0, 0.1) is 0 Å². The van der Waals surface area contributed by atoms with E-state index in [1.54, 1.807) is 11.0 Å². The Labute approximate surface area is 124 Å². The summed E-state index contributed by atoms with van der Waals surface area (Å²) in [5.41, 5.74) is 0.882. The van der Waals surface area contributed by atoms with Gasteiger partial charge >= 0.3 is 0 Å². The van der Waals surface area contributed by atoms with Crippen LogP contribution in [0.3, 0.4) is 0 Å². The molecule has 0 aliphatic carbocycles. The van der Waals surface area contributed by atoms with Crippen LogP contribution in [-0.2, 0) is 21.8 Å². The van der Waals surface area contributed by atoms with Crippen molar-refractivity contribution in [1.29, 1.82) is 0 Å². The largest absolute Gasteiger partial charge is 0.394 e. The van der Waals surface area contributed by atoms with E-state index in [0.717, 1.165) is 10.0 Å².